The van der Waals surface area contributed by atoms with Crippen molar-refractivity contribution in [2.45, 2.75) is 24.8 Å². The minimum atomic E-state index is 0.601. The summed E-state index contributed by atoms with van der Waals surface area (Å²) in [5.41, 5.74) is 3.45. The van der Waals surface area contributed by atoms with Gasteiger partial charge in [0.25, 0.3) is 0 Å². The number of nitrogens with zero attached hydrogens (tertiary/aromatic N) is 4. The highest BCUT2D eigenvalue weighted by atomic mass is 32.2. The van der Waals surface area contributed by atoms with Gasteiger partial charge in [-0.1, -0.05) is 71.9 Å². The van der Waals surface area contributed by atoms with E-state index < -0.39 is 0 Å². The number of hydrogen-bond acceptors (Lipinski definition) is 5. The fourth-order valence-electron chi connectivity index (χ4n) is 3.04. The zero-order valence-corrected chi connectivity index (χ0v) is 17.3. The van der Waals surface area contributed by atoms with Gasteiger partial charge in [0, 0.05) is 11.3 Å². The van der Waals surface area contributed by atoms with Crippen molar-refractivity contribution in [3.05, 3.63) is 83.7 Å². The summed E-state index contributed by atoms with van der Waals surface area (Å²) in [5.74, 6) is 1.63. The van der Waals surface area contributed by atoms with Crippen LogP contribution in [0, 0.1) is 6.92 Å². The smallest absolute Gasteiger partial charge is 0.212 e. The Bertz CT molecular complexity index is 1140. The van der Waals surface area contributed by atoms with E-state index in [1.807, 2.05) is 31.3 Å². The second-order valence-corrected chi connectivity index (χ2v) is 7.55. The van der Waals surface area contributed by atoms with Crippen LogP contribution in [0.4, 0.5) is 0 Å². The molecule has 3 aromatic carbocycles. The predicted octanol–water partition coefficient (Wildman–Crippen LogP) is 5.31. The summed E-state index contributed by atoms with van der Waals surface area (Å²) in [5, 5.41) is 15.9. The van der Waals surface area contributed by atoms with Gasteiger partial charge in [-0.25, -0.2) is 0 Å². The highest BCUT2D eigenvalue weighted by Crippen LogP contribution is 2.27. The maximum absolute atomic E-state index is 5.82. The number of hydrogen-bond donors (Lipinski definition) is 0. The fraction of sp³-hybridized carbons (Fsp3) is 0.174. The molecule has 6 heteroatoms. The van der Waals surface area contributed by atoms with Crippen LogP contribution in [0.5, 0.6) is 5.75 Å². The molecule has 0 amide bonds. The summed E-state index contributed by atoms with van der Waals surface area (Å²) in [6, 6.07) is 20.8. The molecule has 0 aliphatic carbocycles. The van der Waals surface area contributed by atoms with E-state index in [2.05, 4.69) is 64.7 Å². The van der Waals surface area contributed by atoms with E-state index in [9.17, 15) is 0 Å². The Kier molecular flexibility index (Phi) is 5.91. The van der Waals surface area contributed by atoms with Crippen LogP contribution < -0.4 is 4.74 Å². The van der Waals surface area contributed by atoms with E-state index >= 15 is 0 Å². The molecule has 0 unspecified atom stereocenters. The van der Waals surface area contributed by atoms with Gasteiger partial charge in [0.2, 0.25) is 5.16 Å². The van der Waals surface area contributed by atoms with E-state index in [0.717, 1.165) is 33.0 Å². The van der Waals surface area contributed by atoms with E-state index in [4.69, 9.17) is 4.74 Å². The lowest BCUT2D eigenvalue weighted by Crippen LogP contribution is -1.99. The number of thioether (sulfide) groups is 1. The highest BCUT2D eigenvalue weighted by Gasteiger charge is 2.08. The number of benzene rings is 3. The number of ether oxygens (including phenoxy) is 1. The molecule has 5 nitrogen and oxygen atoms in total. The molecule has 0 atom stereocenters. The van der Waals surface area contributed by atoms with Gasteiger partial charge in [-0.15, -0.1) is 10.2 Å². The molecule has 0 saturated carbocycles. The third-order valence-corrected chi connectivity index (χ3v) is 5.54. The van der Waals surface area contributed by atoms with Gasteiger partial charge in [0.15, 0.2) is 0 Å². The second kappa shape index (κ2) is 8.92. The minimum Gasteiger partial charge on any atom is -0.493 e. The SMILES string of the molecule is CCOc1ccc2ccccc2c1/C=N\n1cnnc1SCc1ccc(C)cc1. The molecule has 0 aliphatic rings. The van der Waals surface area contributed by atoms with Gasteiger partial charge in [0.05, 0.1) is 12.8 Å². The summed E-state index contributed by atoms with van der Waals surface area (Å²) in [7, 11) is 0. The first-order valence-corrected chi connectivity index (χ1v) is 10.5. The first kappa shape index (κ1) is 19.2. The monoisotopic (exact) mass is 402 g/mol. The Hall–Kier alpha value is -3.12. The molecule has 4 rings (SSSR count). The van der Waals surface area contributed by atoms with Crippen molar-refractivity contribution in [1.82, 2.24) is 14.9 Å². The first-order chi connectivity index (χ1) is 14.2. The molecule has 4 aromatic rings. The standard InChI is InChI=1S/C23H22N4OS/c1-3-28-22-13-12-19-6-4-5-7-20(19)21(22)14-25-27-16-24-26-23(27)29-15-18-10-8-17(2)9-11-18/h4-14,16H,3,15H2,1-2H3/b25-14-. The normalized spacial score (nSPS) is 11.4. The summed E-state index contributed by atoms with van der Waals surface area (Å²) in [4.78, 5) is 0. The largest absolute Gasteiger partial charge is 0.493 e. The van der Waals surface area contributed by atoms with E-state index in [1.165, 1.54) is 11.1 Å². The van der Waals surface area contributed by atoms with Crippen molar-refractivity contribution in [3.63, 3.8) is 0 Å². The number of rotatable bonds is 7. The molecule has 146 valence electrons. The highest BCUT2D eigenvalue weighted by molar-refractivity contribution is 7.98. The molecular formula is C23H22N4OS. The zero-order valence-electron chi connectivity index (χ0n) is 16.4. The van der Waals surface area contributed by atoms with Crippen LogP contribution in [-0.4, -0.2) is 27.7 Å². The van der Waals surface area contributed by atoms with Crippen molar-refractivity contribution in [1.29, 1.82) is 0 Å². The lowest BCUT2D eigenvalue weighted by molar-refractivity contribution is 0.340. The molecule has 1 aromatic heterocycles. The Labute approximate surface area is 174 Å². The zero-order chi connectivity index (χ0) is 20.1. The van der Waals surface area contributed by atoms with Crippen LogP contribution in [0.2, 0.25) is 0 Å². The average molecular weight is 403 g/mol. The van der Waals surface area contributed by atoms with Crippen LogP contribution in [0.1, 0.15) is 23.6 Å². The fourth-order valence-corrected chi connectivity index (χ4v) is 3.86. The Morgan fingerprint density at radius 3 is 2.72 bits per heavy atom. The number of aryl methyl sites for hydroxylation is 1. The number of aromatic nitrogens is 3. The molecule has 0 spiro atoms. The van der Waals surface area contributed by atoms with Gasteiger partial charge in [-0.3, -0.25) is 0 Å². The minimum absolute atomic E-state index is 0.601. The molecule has 0 fully saturated rings. The molecule has 1 heterocycles. The summed E-state index contributed by atoms with van der Waals surface area (Å²) < 4.78 is 7.53. The van der Waals surface area contributed by atoms with Crippen molar-refractivity contribution in [3.8, 4) is 5.75 Å². The molecular weight excluding hydrogens is 380 g/mol. The Morgan fingerprint density at radius 2 is 1.90 bits per heavy atom. The lowest BCUT2D eigenvalue weighted by atomic mass is 10.0. The Balaban J connectivity index is 1.59. The average Bonchev–Trinajstić information content (AvgIpc) is 3.20. The van der Waals surface area contributed by atoms with Crippen LogP contribution >= 0.6 is 11.8 Å². The summed E-state index contributed by atoms with van der Waals surface area (Å²) in [6.07, 6.45) is 3.45. The molecule has 0 N–H and O–H groups in total. The van der Waals surface area contributed by atoms with Crippen LogP contribution in [0.3, 0.4) is 0 Å². The third-order valence-electron chi connectivity index (χ3n) is 4.53. The van der Waals surface area contributed by atoms with Gasteiger partial charge in [-0.2, -0.15) is 9.78 Å². The van der Waals surface area contributed by atoms with E-state index in [-0.39, 0.29) is 0 Å². The molecule has 0 saturated heterocycles. The first-order valence-electron chi connectivity index (χ1n) is 9.52. The van der Waals surface area contributed by atoms with Crippen molar-refractivity contribution in [2.24, 2.45) is 5.10 Å². The van der Waals surface area contributed by atoms with Crippen molar-refractivity contribution < 1.29 is 4.74 Å². The predicted molar refractivity (Wildman–Crippen MR) is 119 cm³/mol. The Morgan fingerprint density at radius 1 is 1.07 bits per heavy atom. The van der Waals surface area contributed by atoms with Crippen molar-refractivity contribution in [2.75, 3.05) is 6.61 Å². The maximum atomic E-state index is 5.82. The summed E-state index contributed by atoms with van der Waals surface area (Å²) in [6.45, 7) is 4.67. The van der Waals surface area contributed by atoms with Crippen LogP contribution in [-0.2, 0) is 5.75 Å². The second-order valence-electron chi connectivity index (χ2n) is 6.61. The lowest BCUT2D eigenvalue weighted by Gasteiger charge is -2.10. The number of fused-ring (bicyclic) bond motifs is 1. The van der Waals surface area contributed by atoms with Crippen LogP contribution in [0.25, 0.3) is 10.8 Å². The third kappa shape index (κ3) is 4.49. The molecule has 29 heavy (non-hydrogen) atoms. The van der Waals surface area contributed by atoms with Gasteiger partial charge in [-0.05, 0) is 36.2 Å². The van der Waals surface area contributed by atoms with E-state index in [1.54, 1.807) is 22.8 Å². The van der Waals surface area contributed by atoms with Gasteiger partial charge in [0.1, 0.15) is 12.1 Å². The van der Waals surface area contributed by atoms with Crippen molar-refractivity contribution >= 4 is 28.7 Å². The maximum Gasteiger partial charge on any atom is 0.212 e. The van der Waals surface area contributed by atoms with Gasteiger partial charge < -0.3 is 4.74 Å². The van der Waals surface area contributed by atoms with E-state index in [0.29, 0.717) is 6.61 Å². The quantitative estimate of drug-likeness (QED) is 0.310. The summed E-state index contributed by atoms with van der Waals surface area (Å²) >= 11 is 1.61. The molecule has 0 radical (unpaired) electrons. The van der Waals surface area contributed by atoms with Gasteiger partial charge >= 0.3 is 0 Å². The van der Waals surface area contributed by atoms with Crippen LogP contribution in [0.15, 0.2) is 77.2 Å². The molecule has 0 aliphatic heterocycles. The molecule has 0 bridgehead atoms. The topological polar surface area (TPSA) is 52.3 Å².